The van der Waals surface area contributed by atoms with Gasteiger partial charge in [0.2, 0.25) is 17.7 Å². The molecular weight excluding hydrogens is 498 g/mol. The van der Waals surface area contributed by atoms with Crippen LogP contribution in [0, 0.1) is 0 Å². The Bertz CT molecular complexity index is 1210. The summed E-state index contributed by atoms with van der Waals surface area (Å²) in [5, 5.41) is 18.5. The fraction of sp³-hybridized carbons (Fsp3) is 0.375. The number of hydrogen-bond acceptors (Lipinski definition) is 7. The molecule has 3 rings (SSSR count). The highest BCUT2D eigenvalue weighted by molar-refractivity contribution is 7.98. The maximum atomic E-state index is 13.3. The molecule has 0 aliphatic heterocycles. The van der Waals surface area contributed by atoms with Gasteiger partial charge >= 0.3 is 5.97 Å². The Morgan fingerprint density at radius 2 is 1.76 bits per heavy atom. The van der Waals surface area contributed by atoms with Crippen molar-refractivity contribution in [1.29, 1.82) is 0 Å². The standard InChI is InChI=1S/C24H31N7O5S/c1-37-7-6-18(29-21(32)10-25)22(33)30-19(9-15-12-26-13-28-15)23(34)31-20(24(35)36)8-14-11-27-17-5-3-2-4-16(14)17/h2-5,11-13,18-20,27H,6-10,25H2,1H3,(H,26,28)(H,29,32)(H,30,33)(H,31,34)(H,35,36). The van der Waals surface area contributed by atoms with Gasteiger partial charge in [0.05, 0.1) is 12.9 Å². The molecule has 3 unspecified atom stereocenters. The summed E-state index contributed by atoms with van der Waals surface area (Å²) in [4.78, 5) is 60.2. The first-order valence-electron chi connectivity index (χ1n) is 11.7. The second-order valence-electron chi connectivity index (χ2n) is 8.41. The number of para-hydroxylation sites is 1. The summed E-state index contributed by atoms with van der Waals surface area (Å²) in [5.74, 6) is -2.37. The Kier molecular flexibility index (Phi) is 10.1. The Morgan fingerprint density at radius 1 is 1.03 bits per heavy atom. The molecule has 0 saturated carbocycles. The maximum absolute atomic E-state index is 13.3. The molecule has 0 bridgehead atoms. The first-order chi connectivity index (χ1) is 17.8. The van der Waals surface area contributed by atoms with Crippen LogP contribution in [-0.4, -0.2) is 80.4 Å². The average Bonchev–Trinajstić information content (AvgIpc) is 3.55. The van der Waals surface area contributed by atoms with Gasteiger partial charge in [-0.05, 0) is 30.1 Å². The summed E-state index contributed by atoms with van der Waals surface area (Å²) in [6.07, 6.45) is 6.94. The third kappa shape index (κ3) is 7.82. The molecule has 0 saturated heterocycles. The highest BCUT2D eigenvalue weighted by atomic mass is 32.2. The summed E-state index contributed by atoms with van der Waals surface area (Å²) in [5.41, 5.74) is 7.54. The molecule has 8 N–H and O–H groups in total. The van der Waals surface area contributed by atoms with Crippen molar-refractivity contribution in [3.63, 3.8) is 0 Å². The molecule has 2 aromatic heterocycles. The number of aromatic nitrogens is 3. The van der Waals surface area contributed by atoms with E-state index in [1.165, 1.54) is 24.3 Å². The minimum Gasteiger partial charge on any atom is -0.480 e. The van der Waals surface area contributed by atoms with Gasteiger partial charge in [-0.3, -0.25) is 14.4 Å². The van der Waals surface area contributed by atoms with Crippen molar-refractivity contribution in [3.8, 4) is 0 Å². The molecule has 13 heteroatoms. The predicted molar refractivity (Wildman–Crippen MR) is 140 cm³/mol. The molecule has 3 amide bonds. The average molecular weight is 530 g/mol. The molecule has 37 heavy (non-hydrogen) atoms. The van der Waals surface area contributed by atoms with E-state index in [-0.39, 0.29) is 19.4 Å². The van der Waals surface area contributed by atoms with Crippen LogP contribution in [-0.2, 0) is 32.0 Å². The van der Waals surface area contributed by atoms with Crippen LogP contribution < -0.4 is 21.7 Å². The second-order valence-corrected chi connectivity index (χ2v) is 9.40. The maximum Gasteiger partial charge on any atom is 0.326 e. The Balaban J connectivity index is 1.77. The number of thioether (sulfide) groups is 1. The van der Waals surface area contributed by atoms with Crippen LogP contribution in [0.25, 0.3) is 10.9 Å². The van der Waals surface area contributed by atoms with Gasteiger partial charge in [0.15, 0.2) is 0 Å². The lowest BCUT2D eigenvalue weighted by Gasteiger charge is -2.24. The number of aliphatic carboxylic acids is 1. The number of carbonyl (C=O) groups excluding carboxylic acids is 3. The van der Waals surface area contributed by atoms with Gasteiger partial charge in [-0.25, -0.2) is 9.78 Å². The predicted octanol–water partition coefficient (Wildman–Crippen LogP) is -0.0730. The van der Waals surface area contributed by atoms with E-state index in [9.17, 15) is 24.3 Å². The number of benzene rings is 1. The van der Waals surface area contributed by atoms with Crippen molar-refractivity contribution in [2.75, 3.05) is 18.6 Å². The first-order valence-corrected chi connectivity index (χ1v) is 13.1. The number of H-pyrrole nitrogens is 2. The fourth-order valence-electron chi connectivity index (χ4n) is 3.85. The normalized spacial score (nSPS) is 13.5. The van der Waals surface area contributed by atoms with Crippen LogP contribution in [0.5, 0.6) is 0 Å². The van der Waals surface area contributed by atoms with E-state index in [1.54, 1.807) is 6.20 Å². The molecular formula is C24H31N7O5S. The number of rotatable bonds is 14. The van der Waals surface area contributed by atoms with Gasteiger partial charge in [0.1, 0.15) is 18.1 Å². The van der Waals surface area contributed by atoms with E-state index in [0.717, 1.165) is 16.5 Å². The number of nitrogens with one attached hydrogen (secondary N) is 5. The smallest absolute Gasteiger partial charge is 0.326 e. The minimum atomic E-state index is -1.24. The number of amides is 3. The van der Waals surface area contributed by atoms with Crippen molar-refractivity contribution >= 4 is 46.4 Å². The number of fused-ring (bicyclic) bond motifs is 1. The molecule has 3 atom stereocenters. The third-order valence-corrected chi connectivity index (χ3v) is 6.42. The van der Waals surface area contributed by atoms with Crippen molar-refractivity contribution in [2.24, 2.45) is 5.73 Å². The number of imidazole rings is 1. The van der Waals surface area contributed by atoms with Gasteiger partial charge in [-0.15, -0.1) is 0 Å². The van der Waals surface area contributed by atoms with Gasteiger partial charge in [0, 0.05) is 41.8 Å². The summed E-state index contributed by atoms with van der Waals surface area (Å²) < 4.78 is 0. The quantitative estimate of drug-likeness (QED) is 0.151. The molecule has 12 nitrogen and oxygen atoms in total. The zero-order valence-corrected chi connectivity index (χ0v) is 21.1. The van der Waals surface area contributed by atoms with Crippen LogP contribution in [0.4, 0.5) is 0 Å². The Morgan fingerprint density at radius 3 is 2.43 bits per heavy atom. The van der Waals surface area contributed by atoms with E-state index in [4.69, 9.17) is 5.73 Å². The molecule has 0 fully saturated rings. The van der Waals surface area contributed by atoms with Gasteiger partial charge in [-0.2, -0.15) is 11.8 Å². The molecule has 1 aromatic carbocycles. The Labute approximate surface area is 217 Å². The molecule has 0 aliphatic carbocycles. The van der Waals surface area contributed by atoms with E-state index in [0.29, 0.717) is 17.9 Å². The first kappa shape index (κ1) is 27.7. The number of carbonyl (C=O) groups is 4. The molecule has 0 radical (unpaired) electrons. The van der Waals surface area contributed by atoms with Gasteiger partial charge in [-0.1, -0.05) is 18.2 Å². The summed E-state index contributed by atoms with van der Waals surface area (Å²) in [6.45, 7) is -0.283. The topological polar surface area (TPSA) is 195 Å². The van der Waals surface area contributed by atoms with Crippen molar-refractivity contribution in [1.82, 2.24) is 30.9 Å². The molecule has 0 spiro atoms. The number of carboxylic acid groups (broad SMARTS) is 1. The number of hydrogen-bond donors (Lipinski definition) is 7. The van der Waals surface area contributed by atoms with E-state index in [1.807, 2.05) is 30.5 Å². The van der Waals surface area contributed by atoms with Gasteiger partial charge in [0.25, 0.3) is 0 Å². The van der Waals surface area contributed by atoms with Crippen molar-refractivity contribution in [2.45, 2.75) is 37.4 Å². The summed E-state index contributed by atoms with van der Waals surface area (Å²) >= 11 is 1.50. The van der Waals surface area contributed by atoms with Gasteiger partial charge < -0.3 is 36.8 Å². The van der Waals surface area contributed by atoms with Crippen LogP contribution in [0.3, 0.4) is 0 Å². The summed E-state index contributed by atoms with van der Waals surface area (Å²) in [6, 6.07) is 4.20. The Hall–Kier alpha value is -3.84. The van der Waals surface area contributed by atoms with Crippen LogP contribution in [0.1, 0.15) is 17.7 Å². The molecule has 3 aromatic rings. The largest absolute Gasteiger partial charge is 0.480 e. The fourth-order valence-corrected chi connectivity index (χ4v) is 4.32. The number of nitrogens with two attached hydrogens (primary N) is 1. The van der Waals surface area contributed by atoms with Crippen molar-refractivity contribution in [3.05, 3.63) is 54.2 Å². The second kappa shape index (κ2) is 13.5. The lowest BCUT2D eigenvalue weighted by Crippen LogP contribution is -2.57. The number of carboxylic acids is 1. The highest BCUT2D eigenvalue weighted by Gasteiger charge is 2.30. The zero-order valence-electron chi connectivity index (χ0n) is 20.3. The monoisotopic (exact) mass is 529 g/mol. The highest BCUT2D eigenvalue weighted by Crippen LogP contribution is 2.19. The van der Waals surface area contributed by atoms with E-state index < -0.39 is 41.8 Å². The SMILES string of the molecule is CSCCC(NC(=O)CN)C(=O)NC(Cc1cnc[nH]1)C(=O)NC(Cc1c[nH]c2ccccc12)C(=O)O. The number of aromatic amines is 2. The van der Waals surface area contributed by atoms with Crippen molar-refractivity contribution < 1.29 is 24.3 Å². The van der Waals surface area contributed by atoms with E-state index in [2.05, 4.69) is 30.9 Å². The third-order valence-electron chi connectivity index (χ3n) is 5.77. The zero-order chi connectivity index (χ0) is 26.8. The minimum absolute atomic E-state index is 0.0388. The lowest BCUT2D eigenvalue weighted by atomic mass is 10.0. The molecule has 0 aliphatic rings. The lowest BCUT2D eigenvalue weighted by molar-refractivity contribution is -0.142. The van der Waals surface area contributed by atoms with Crippen LogP contribution >= 0.6 is 11.8 Å². The van der Waals surface area contributed by atoms with E-state index >= 15 is 0 Å². The van der Waals surface area contributed by atoms with Crippen LogP contribution in [0.15, 0.2) is 43.0 Å². The number of nitrogens with zero attached hydrogens (tertiary/aromatic N) is 1. The molecule has 2 heterocycles. The summed E-state index contributed by atoms with van der Waals surface area (Å²) in [7, 11) is 0. The van der Waals surface area contributed by atoms with Crippen LogP contribution in [0.2, 0.25) is 0 Å². The molecule has 198 valence electrons.